The summed E-state index contributed by atoms with van der Waals surface area (Å²) in [6.07, 6.45) is 0. The molecular formula is C18H15ClO2. The van der Waals surface area contributed by atoms with Gasteiger partial charge in [-0.25, -0.2) is 0 Å². The zero-order chi connectivity index (χ0) is 14.8. The second-order valence-electron chi connectivity index (χ2n) is 5.05. The third kappa shape index (κ3) is 2.96. The molecule has 106 valence electrons. The Labute approximate surface area is 128 Å². The first-order chi connectivity index (χ1) is 10.1. The van der Waals surface area contributed by atoms with Gasteiger partial charge in [0.2, 0.25) is 0 Å². The highest BCUT2D eigenvalue weighted by atomic mass is 35.5. The lowest BCUT2D eigenvalue weighted by atomic mass is 10.1. The molecular weight excluding hydrogens is 284 g/mol. The highest BCUT2D eigenvalue weighted by Crippen LogP contribution is 2.32. The van der Waals surface area contributed by atoms with Gasteiger partial charge in [0, 0.05) is 10.6 Å². The molecule has 3 rings (SSSR count). The minimum absolute atomic E-state index is 0.136. The average molecular weight is 299 g/mol. The van der Waals surface area contributed by atoms with Crippen molar-refractivity contribution >= 4 is 22.4 Å². The fourth-order valence-electron chi connectivity index (χ4n) is 2.25. The molecule has 0 spiro atoms. The number of ether oxygens (including phenoxy) is 1. The number of phenolic OH excluding ortho intramolecular Hbond substituents is 1. The molecule has 3 heteroatoms. The molecule has 0 aliphatic heterocycles. The first-order valence-electron chi connectivity index (χ1n) is 6.73. The molecule has 0 aromatic heterocycles. The number of hydrogen-bond acceptors (Lipinski definition) is 2. The van der Waals surface area contributed by atoms with Crippen LogP contribution in [-0.4, -0.2) is 5.11 Å². The summed E-state index contributed by atoms with van der Waals surface area (Å²) in [7, 11) is 0. The largest absolute Gasteiger partial charge is 0.504 e. The average Bonchev–Trinajstić information content (AvgIpc) is 2.46. The number of halogens is 1. The minimum atomic E-state index is 0.136. The van der Waals surface area contributed by atoms with Gasteiger partial charge in [0.05, 0.1) is 0 Å². The normalized spacial score (nSPS) is 10.8. The SMILES string of the molecule is Cc1ccc(COc2cc3ccccc3cc2O)c(Cl)c1. The van der Waals surface area contributed by atoms with Crippen LogP contribution in [0.15, 0.2) is 54.6 Å². The molecule has 0 heterocycles. The van der Waals surface area contributed by atoms with Crippen molar-refractivity contribution in [2.45, 2.75) is 13.5 Å². The Morgan fingerprint density at radius 3 is 2.43 bits per heavy atom. The molecule has 1 N–H and O–H groups in total. The fourth-order valence-corrected chi connectivity index (χ4v) is 2.54. The predicted octanol–water partition coefficient (Wildman–Crippen LogP) is 5.09. The summed E-state index contributed by atoms with van der Waals surface area (Å²) in [6, 6.07) is 17.2. The number of benzene rings is 3. The maximum Gasteiger partial charge on any atom is 0.162 e. The second kappa shape index (κ2) is 5.66. The molecule has 0 amide bonds. The van der Waals surface area contributed by atoms with Gasteiger partial charge < -0.3 is 9.84 Å². The van der Waals surface area contributed by atoms with E-state index in [4.69, 9.17) is 16.3 Å². The Morgan fingerprint density at radius 1 is 1.00 bits per heavy atom. The van der Waals surface area contributed by atoms with Gasteiger partial charge in [0.25, 0.3) is 0 Å². The molecule has 0 saturated heterocycles. The summed E-state index contributed by atoms with van der Waals surface area (Å²) in [5.41, 5.74) is 2.01. The van der Waals surface area contributed by atoms with E-state index in [0.29, 0.717) is 17.4 Å². The topological polar surface area (TPSA) is 29.5 Å². The van der Waals surface area contributed by atoms with E-state index in [-0.39, 0.29) is 5.75 Å². The minimum Gasteiger partial charge on any atom is -0.504 e. The summed E-state index contributed by atoms with van der Waals surface area (Å²) in [4.78, 5) is 0. The zero-order valence-electron chi connectivity index (χ0n) is 11.6. The van der Waals surface area contributed by atoms with Crippen LogP contribution in [0, 0.1) is 6.92 Å². The molecule has 0 saturated carbocycles. The Morgan fingerprint density at radius 2 is 1.71 bits per heavy atom. The van der Waals surface area contributed by atoms with Crippen LogP contribution in [0.1, 0.15) is 11.1 Å². The van der Waals surface area contributed by atoms with Gasteiger partial charge in [0.15, 0.2) is 11.5 Å². The first-order valence-corrected chi connectivity index (χ1v) is 7.11. The molecule has 3 aromatic carbocycles. The fraction of sp³-hybridized carbons (Fsp3) is 0.111. The van der Waals surface area contributed by atoms with Gasteiger partial charge in [-0.2, -0.15) is 0 Å². The summed E-state index contributed by atoms with van der Waals surface area (Å²) < 4.78 is 5.72. The highest BCUT2D eigenvalue weighted by molar-refractivity contribution is 6.31. The van der Waals surface area contributed by atoms with Crippen molar-refractivity contribution in [3.8, 4) is 11.5 Å². The van der Waals surface area contributed by atoms with E-state index in [2.05, 4.69) is 0 Å². The van der Waals surface area contributed by atoms with Gasteiger partial charge in [0.1, 0.15) is 6.61 Å². The van der Waals surface area contributed by atoms with Crippen molar-refractivity contribution in [1.82, 2.24) is 0 Å². The van der Waals surface area contributed by atoms with Gasteiger partial charge in [-0.1, -0.05) is 48.0 Å². The third-order valence-electron chi connectivity index (χ3n) is 3.42. The zero-order valence-corrected chi connectivity index (χ0v) is 12.4. The number of aromatic hydroxyl groups is 1. The lowest BCUT2D eigenvalue weighted by Gasteiger charge is -2.11. The van der Waals surface area contributed by atoms with Crippen LogP contribution in [0.2, 0.25) is 5.02 Å². The molecule has 0 aliphatic rings. The Kier molecular flexibility index (Phi) is 3.72. The van der Waals surface area contributed by atoms with Gasteiger partial charge in [-0.15, -0.1) is 0 Å². The van der Waals surface area contributed by atoms with E-state index in [0.717, 1.165) is 21.9 Å². The molecule has 0 unspecified atom stereocenters. The molecule has 2 nitrogen and oxygen atoms in total. The summed E-state index contributed by atoms with van der Waals surface area (Å²) in [5.74, 6) is 0.599. The van der Waals surface area contributed by atoms with E-state index in [1.165, 1.54) is 0 Å². The monoisotopic (exact) mass is 298 g/mol. The summed E-state index contributed by atoms with van der Waals surface area (Å²) in [6.45, 7) is 2.32. The molecule has 0 atom stereocenters. The molecule has 0 radical (unpaired) electrons. The first kappa shape index (κ1) is 13.8. The van der Waals surface area contributed by atoms with E-state index in [1.54, 1.807) is 6.07 Å². The van der Waals surface area contributed by atoms with Gasteiger partial charge >= 0.3 is 0 Å². The maximum absolute atomic E-state index is 10.0. The lowest BCUT2D eigenvalue weighted by molar-refractivity contribution is 0.289. The van der Waals surface area contributed by atoms with Crippen molar-refractivity contribution in [3.63, 3.8) is 0 Å². The number of phenols is 1. The van der Waals surface area contributed by atoms with E-state index < -0.39 is 0 Å². The van der Waals surface area contributed by atoms with Crippen LogP contribution < -0.4 is 4.74 Å². The number of hydrogen-bond donors (Lipinski definition) is 1. The van der Waals surface area contributed by atoms with Crippen LogP contribution in [0.5, 0.6) is 11.5 Å². The van der Waals surface area contributed by atoms with E-state index >= 15 is 0 Å². The quantitative estimate of drug-likeness (QED) is 0.730. The Bertz CT molecular complexity index is 796. The van der Waals surface area contributed by atoms with E-state index in [9.17, 15) is 5.11 Å². The lowest BCUT2D eigenvalue weighted by Crippen LogP contribution is -1.97. The van der Waals surface area contributed by atoms with Crippen molar-refractivity contribution in [2.75, 3.05) is 0 Å². The second-order valence-corrected chi connectivity index (χ2v) is 5.46. The standard InChI is InChI=1S/C18H15ClO2/c1-12-6-7-15(16(19)8-12)11-21-18-10-14-5-3-2-4-13(14)9-17(18)20/h2-10,20H,11H2,1H3. The van der Waals surface area contributed by atoms with Crippen LogP contribution in [-0.2, 0) is 6.61 Å². The van der Waals surface area contributed by atoms with Crippen LogP contribution in [0.25, 0.3) is 10.8 Å². The Hall–Kier alpha value is -2.19. The van der Waals surface area contributed by atoms with Crippen LogP contribution >= 0.6 is 11.6 Å². The van der Waals surface area contributed by atoms with Crippen molar-refractivity contribution in [1.29, 1.82) is 0 Å². The smallest absolute Gasteiger partial charge is 0.162 e. The number of rotatable bonds is 3. The van der Waals surface area contributed by atoms with E-state index in [1.807, 2.05) is 55.5 Å². The third-order valence-corrected chi connectivity index (χ3v) is 3.77. The molecule has 21 heavy (non-hydrogen) atoms. The van der Waals surface area contributed by atoms with Crippen LogP contribution in [0.3, 0.4) is 0 Å². The van der Waals surface area contributed by atoms with Gasteiger partial charge in [-0.05, 0) is 41.5 Å². The Balaban J connectivity index is 1.86. The number of fused-ring (bicyclic) bond motifs is 1. The summed E-state index contributed by atoms with van der Waals surface area (Å²) in [5, 5.41) is 12.7. The predicted molar refractivity (Wildman–Crippen MR) is 86.1 cm³/mol. The van der Waals surface area contributed by atoms with Crippen LogP contribution in [0.4, 0.5) is 0 Å². The molecule has 0 aliphatic carbocycles. The highest BCUT2D eigenvalue weighted by Gasteiger charge is 2.07. The van der Waals surface area contributed by atoms with Crippen molar-refractivity contribution in [3.05, 3.63) is 70.7 Å². The number of aryl methyl sites for hydroxylation is 1. The maximum atomic E-state index is 10.0. The van der Waals surface area contributed by atoms with Crippen molar-refractivity contribution < 1.29 is 9.84 Å². The molecule has 3 aromatic rings. The molecule has 0 fully saturated rings. The van der Waals surface area contributed by atoms with Gasteiger partial charge in [-0.3, -0.25) is 0 Å². The summed E-state index contributed by atoms with van der Waals surface area (Å²) >= 11 is 6.19. The van der Waals surface area contributed by atoms with Crippen molar-refractivity contribution in [2.24, 2.45) is 0 Å². The molecule has 0 bridgehead atoms.